The number of nitrogens with one attached hydrogen (secondary N) is 1. The summed E-state index contributed by atoms with van der Waals surface area (Å²) < 4.78 is 5.17. The van der Waals surface area contributed by atoms with Crippen LogP contribution < -0.4 is 10.1 Å². The standard InChI is InChI=1S/C23H28Cl2N2O3/c1-5-15(2)26-23(29)16(3)27(14-19-20(24)7-6-8-21(19)25)22(28)13-17-9-11-18(30-4)12-10-17/h6-12,15-16H,5,13-14H2,1-4H3,(H,26,29). The lowest BCUT2D eigenvalue weighted by molar-refractivity contribution is -0.140. The molecule has 0 aliphatic rings. The summed E-state index contributed by atoms with van der Waals surface area (Å²) in [4.78, 5) is 27.5. The Bertz CT molecular complexity index is 851. The summed E-state index contributed by atoms with van der Waals surface area (Å²) in [6.07, 6.45) is 0.946. The molecule has 0 aromatic heterocycles. The summed E-state index contributed by atoms with van der Waals surface area (Å²) in [6, 6.07) is 11.8. The van der Waals surface area contributed by atoms with Crippen LogP contribution in [0.15, 0.2) is 42.5 Å². The molecular weight excluding hydrogens is 423 g/mol. The van der Waals surface area contributed by atoms with Crippen LogP contribution in [0.2, 0.25) is 10.0 Å². The van der Waals surface area contributed by atoms with Gasteiger partial charge in [0.1, 0.15) is 11.8 Å². The third-order valence-corrected chi connectivity index (χ3v) is 5.78. The zero-order valence-electron chi connectivity index (χ0n) is 17.7. The van der Waals surface area contributed by atoms with Gasteiger partial charge in [-0.05, 0) is 50.1 Å². The van der Waals surface area contributed by atoms with Gasteiger partial charge in [-0.15, -0.1) is 0 Å². The molecule has 162 valence electrons. The topological polar surface area (TPSA) is 58.6 Å². The van der Waals surface area contributed by atoms with Crippen LogP contribution in [-0.4, -0.2) is 35.9 Å². The Kier molecular flexibility index (Phi) is 9.00. The van der Waals surface area contributed by atoms with Crippen molar-refractivity contribution in [3.05, 3.63) is 63.6 Å². The van der Waals surface area contributed by atoms with Crippen molar-refractivity contribution in [1.82, 2.24) is 10.2 Å². The van der Waals surface area contributed by atoms with E-state index in [-0.39, 0.29) is 30.8 Å². The van der Waals surface area contributed by atoms with Crippen molar-refractivity contribution < 1.29 is 14.3 Å². The molecular formula is C23H28Cl2N2O3. The van der Waals surface area contributed by atoms with Crippen molar-refractivity contribution in [3.63, 3.8) is 0 Å². The Balaban J connectivity index is 2.28. The number of hydrogen-bond acceptors (Lipinski definition) is 3. The fraction of sp³-hybridized carbons (Fsp3) is 0.391. The Labute approximate surface area is 188 Å². The highest BCUT2D eigenvalue weighted by Crippen LogP contribution is 2.27. The summed E-state index contributed by atoms with van der Waals surface area (Å²) in [6.45, 7) is 5.78. The third kappa shape index (κ3) is 6.38. The average molecular weight is 451 g/mol. The highest BCUT2D eigenvalue weighted by molar-refractivity contribution is 6.36. The maximum atomic E-state index is 13.2. The Morgan fingerprint density at radius 3 is 2.20 bits per heavy atom. The van der Waals surface area contributed by atoms with Crippen LogP contribution in [0.3, 0.4) is 0 Å². The fourth-order valence-corrected chi connectivity index (χ4v) is 3.44. The first kappa shape index (κ1) is 24.0. The van der Waals surface area contributed by atoms with E-state index in [1.54, 1.807) is 44.4 Å². The average Bonchev–Trinajstić information content (AvgIpc) is 2.73. The predicted octanol–water partition coefficient (Wildman–Crippen LogP) is 4.88. The molecule has 0 spiro atoms. The number of amides is 2. The first-order chi connectivity index (χ1) is 14.3. The van der Waals surface area contributed by atoms with Gasteiger partial charge < -0.3 is 15.0 Å². The third-order valence-electron chi connectivity index (χ3n) is 5.07. The minimum absolute atomic E-state index is 0.0161. The van der Waals surface area contributed by atoms with Gasteiger partial charge in [0.15, 0.2) is 0 Å². The molecule has 0 aliphatic carbocycles. The molecule has 2 aromatic rings. The van der Waals surface area contributed by atoms with Crippen LogP contribution in [0.5, 0.6) is 5.75 Å². The second-order valence-corrected chi connectivity index (χ2v) is 8.05. The molecule has 2 aromatic carbocycles. The van der Waals surface area contributed by atoms with Gasteiger partial charge in [-0.3, -0.25) is 9.59 Å². The molecule has 2 rings (SSSR count). The molecule has 2 amide bonds. The lowest BCUT2D eigenvalue weighted by Crippen LogP contribution is -2.50. The largest absolute Gasteiger partial charge is 0.497 e. The van der Waals surface area contributed by atoms with Crippen molar-refractivity contribution >= 4 is 35.0 Å². The van der Waals surface area contributed by atoms with E-state index in [2.05, 4.69) is 5.32 Å². The van der Waals surface area contributed by atoms with Crippen molar-refractivity contribution in [2.24, 2.45) is 0 Å². The van der Waals surface area contributed by atoms with Crippen LogP contribution >= 0.6 is 23.2 Å². The van der Waals surface area contributed by atoms with E-state index in [0.29, 0.717) is 21.4 Å². The van der Waals surface area contributed by atoms with E-state index in [1.165, 1.54) is 4.90 Å². The monoisotopic (exact) mass is 450 g/mol. The van der Waals surface area contributed by atoms with E-state index in [0.717, 1.165) is 12.0 Å². The summed E-state index contributed by atoms with van der Waals surface area (Å²) in [7, 11) is 1.59. The highest BCUT2D eigenvalue weighted by Gasteiger charge is 2.28. The molecule has 0 saturated carbocycles. The number of carbonyl (C=O) groups excluding carboxylic acids is 2. The number of hydrogen-bond donors (Lipinski definition) is 1. The van der Waals surface area contributed by atoms with E-state index in [4.69, 9.17) is 27.9 Å². The molecule has 0 radical (unpaired) electrons. The number of ether oxygens (including phenoxy) is 1. The Morgan fingerprint density at radius 2 is 1.67 bits per heavy atom. The second kappa shape index (κ2) is 11.2. The Hall–Kier alpha value is -2.24. The molecule has 2 atom stereocenters. The molecule has 5 nitrogen and oxygen atoms in total. The van der Waals surface area contributed by atoms with E-state index in [1.807, 2.05) is 26.0 Å². The van der Waals surface area contributed by atoms with Crippen LogP contribution in [0.4, 0.5) is 0 Å². The predicted molar refractivity (Wildman–Crippen MR) is 121 cm³/mol. The maximum absolute atomic E-state index is 13.2. The van der Waals surface area contributed by atoms with Crippen LogP contribution in [0.25, 0.3) is 0 Å². The van der Waals surface area contributed by atoms with Crippen molar-refractivity contribution in [2.75, 3.05) is 7.11 Å². The SMILES string of the molecule is CCC(C)NC(=O)C(C)N(Cc1c(Cl)cccc1Cl)C(=O)Cc1ccc(OC)cc1. The van der Waals surface area contributed by atoms with Gasteiger partial charge in [0.2, 0.25) is 11.8 Å². The molecule has 0 fully saturated rings. The van der Waals surface area contributed by atoms with Gasteiger partial charge in [0, 0.05) is 28.2 Å². The first-order valence-electron chi connectivity index (χ1n) is 9.92. The van der Waals surface area contributed by atoms with Gasteiger partial charge in [-0.1, -0.05) is 48.3 Å². The molecule has 30 heavy (non-hydrogen) atoms. The van der Waals surface area contributed by atoms with Crippen molar-refractivity contribution in [1.29, 1.82) is 0 Å². The van der Waals surface area contributed by atoms with Crippen molar-refractivity contribution in [2.45, 2.75) is 52.2 Å². The Morgan fingerprint density at radius 1 is 1.07 bits per heavy atom. The van der Waals surface area contributed by atoms with Crippen LogP contribution in [0, 0.1) is 0 Å². The van der Waals surface area contributed by atoms with E-state index in [9.17, 15) is 9.59 Å². The number of rotatable bonds is 9. The van der Waals surface area contributed by atoms with Crippen LogP contribution in [-0.2, 0) is 22.6 Å². The summed E-state index contributed by atoms with van der Waals surface area (Å²) >= 11 is 12.7. The normalized spacial score (nSPS) is 12.7. The van der Waals surface area contributed by atoms with Crippen LogP contribution in [0.1, 0.15) is 38.3 Å². The molecule has 1 N–H and O–H groups in total. The minimum atomic E-state index is -0.683. The first-order valence-corrected chi connectivity index (χ1v) is 10.7. The number of halogens is 2. The molecule has 0 heterocycles. The van der Waals surface area contributed by atoms with Gasteiger partial charge in [0.05, 0.1) is 13.5 Å². The zero-order chi connectivity index (χ0) is 22.3. The molecule has 0 saturated heterocycles. The summed E-state index contributed by atoms with van der Waals surface area (Å²) in [5.41, 5.74) is 1.44. The highest BCUT2D eigenvalue weighted by atomic mass is 35.5. The quantitative estimate of drug-likeness (QED) is 0.592. The van der Waals surface area contributed by atoms with Gasteiger partial charge >= 0.3 is 0 Å². The number of methoxy groups -OCH3 is 1. The fourth-order valence-electron chi connectivity index (χ4n) is 2.92. The van der Waals surface area contributed by atoms with Gasteiger partial charge in [-0.25, -0.2) is 0 Å². The lowest BCUT2D eigenvalue weighted by Gasteiger charge is -2.30. The number of carbonyl (C=O) groups is 2. The number of nitrogens with zero attached hydrogens (tertiary/aromatic N) is 1. The van der Waals surface area contributed by atoms with E-state index < -0.39 is 6.04 Å². The van der Waals surface area contributed by atoms with Crippen molar-refractivity contribution in [3.8, 4) is 5.75 Å². The maximum Gasteiger partial charge on any atom is 0.242 e. The second-order valence-electron chi connectivity index (χ2n) is 7.24. The summed E-state index contributed by atoms with van der Waals surface area (Å²) in [5.74, 6) is 0.311. The zero-order valence-corrected chi connectivity index (χ0v) is 19.3. The molecule has 2 unspecified atom stereocenters. The van der Waals surface area contributed by atoms with Gasteiger partial charge in [0.25, 0.3) is 0 Å². The van der Waals surface area contributed by atoms with Gasteiger partial charge in [-0.2, -0.15) is 0 Å². The lowest BCUT2D eigenvalue weighted by atomic mass is 10.1. The molecule has 0 aliphatic heterocycles. The molecule has 7 heteroatoms. The minimum Gasteiger partial charge on any atom is -0.497 e. The number of benzene rings is 2. The summed E-state index contributed by atoms with van der Waals surface area (Å²) in [5, 5.41) is 3.86. The smallest absolute Gasteiger partial charge is 0.242 e. The molecule has 0 bridgehead atoms. The van der Waals surface area contributed by atoms with E-state index >= 15 is 0 Å².